The Kier molecular flexibility index (Phi) is 6.86. The Bertz CT molecular complexity index is 1060. The number of nitrogen functional groups attached to an aromatic ring is 1. The van der Waals surface area contributed by atoms with Crippen molar-refractivity contribution in [2.75, 3.05) is 47.2 Å². The highest BCUT2D eigenvalue weighted by Crippen LogP contribution is 2.29. The molecule has 13 heteroatoms. The van der Waals surface area contributed by atoms with Crippen molar-refractivity contribution in [1.29, 1.82) is 0 Å². The van der Waals surface area contributed by atoms with Crippen molar-refractivity contribution in [2.45, 2.75) is 19.0 Å². The summed E-state index contributed by atoms with van der Waals surface area (Å²) in [5.41, 5.74) is 6.76. The molecule has 0 radical (unpaired) electrons. The lowest BCUT2D eigenvalue weighted by Crippen LogP contribution is -2.34. The van der Waals surface area contributed by atoms with Crippen LogP contribution < -0.4 is 15.5 Å². The highest BCUT2D eigenvalue weighted by Gasteiger charge is 2.29. The molecule has 4 rings (SSSR count). The molecule has 1 aliphatic heterocycles. The summed E-state index contributed by atoms with van der Waals surface area (Å²) >= 11 is 0.935. The number of hydrogen-bond acceptors (Lipinski definition) is 10. The van der Waals surface area contributed by atoms with Crippen LogP contribution in [0.1, 0.15) is 12.8 Å². The standard InChI is InChI=1S/C20H23F3N8OS/c1-30(14-5-3-2-4-6-14)18-26-15(25-17(24)28-18)16-27-19(32-29-16)31-9-7-13(8-10-31)11-33-12-20(21,22)23/h2-6,13H,7-12H2,1H3,(H2,24,25,26,28). The third-order valence-electron chi connectivity index (χ3n) is 5.20. The van der Waals surface area contributed by atoms with Crippen molar-refractivity contribution >= 4 is 35.4 Å². The largest absolute Gasteiger partial charge is 0.397 e. The first-order valence-corrected chi connectivity index (χ1v) is 11.5. The Labute approximate surface area is 192 Å². The van der Waals surface area contributed by atoms with E-state index in [9.17, 15) is 13.2 Å². The molecule has 0 saturated carbocycles. The summed E-state index contributed by atoms with van der Waals surface area (Å²) < 4.78 is 42.4. The average Bonchev–Trinajstić information content (AvgIpc) is 3.29. The molecule has 2 aromatic heterocycles. The van der Waals surface area contributed by atoms with Gasteiger partial charge < -0.3 is 20.1 Å². The van der Waals surface area contributed by atoms with Gasteiger partial charge in [-0.3, -0.25) is 0 Å². The maximum atomic E-state index is 12.3. The van der Waals surface area contributed by atoms with Crippen LogP contribution in [0.4, 0.5) is 36.8 Å². The van der Waals surface area contributed by atoms with Crippen LogP contribution in [-0.2, 0) is 0 Å². The number of piperidine rings is 1. The maximum absolute atomic E-state index is 12.3. The Morgan fingerprint density at radius 2 is 1.82 bits per heavy atom. The van der Waals surface area contributed by atoms with E-state index in [4.69, 9.17) is 10.3 Å². The fourth-order valence-corrected chi connectivity index (χ4v) is 4.48. The summed E-state index contributed by atoms with van der Waals surface area (Å²) in [6.45, 7) is 1.25. The molecule has 0 amide bonds. The zero-order valence-electron chi connectivity index (χ0n) is 17.9. The van der Waals surface area contributed by atoms with Crippen LogP contribution in [0.2, 0.25) is 0 Å². The van der Waals surface area contributed by atoms with E-state index >= 15 is 0 Å². The van der Waals surface area contributed by atoms with E-state index in [1.807, 2.05) is 42.3 Å². The van der Waals surface area contributed by atoms with E-state index in [1.165, 1.54) is 0 Å². The smallest absolute Gasteiger partial charge is 0.368 e. The normalized spacial score (nSPS) is 15.1. The monoisotopic (exact) mass is 480 g/mol. The summed E-state index contributed by atoms with van der Waals surface area (Å²) in [5, 5.41) is 3.99. The minimum Gasteiger partial charge on any atom is -0.368 e. The van der Waals surface area contributed by atoms with Gasteiger partial charge in [0, 0.05) is 25.8 Å². The van der Waals surface area contributed by atoms with Gasteiger partial charge in [0.2, 0.25) is 23.5 Å². The zero-order valence-corrected chi connectivity index (χ0v) is 18.7. The van der Waals surface area contributed by atoms with Crippen LogP contribution >= 0.6 is 11.8 Å². The minimum atomic E-state index is -4.13. The SMILES string of the molecule is CN(c1ccccc1)c1nc(N)nc(-c2noc(N3CCC(CSCC(F)(F)F)CC3)n2)n1. The van der Waals surface area contributed by atoms with Gasteiger partial charge in [0.05, 0.1) is 5.75 Å². The highest BCUT2D eigenvalue weighted by molar-refractivity contribution is 7.99. The Hall–Kier alpha value is -3.09. The molecule has 33 heavy (non-hydrogen) atoms. The number of para-hydroxylation sites is 1. The van der Waals surface area contributed by atoms with E-state index in [2.05, 4.69) is 25.1 Å². The number of thioether (sulfide) groups is 1. The number of alkyl halides is 3. The predicted octanol–water partition coefficient (Wildman–Crippen LogP) is 3.78. The van der Waals surface area contributed by atoms with E-state index in [1.54, 1.807) is 4.90 Å². The van der Waals surface area contributed by atoms with Crippen molar-refractivity contribution in [3.05, 3.63) is 30.3 Å². The first-order valence-electron chi connectivity index (χ1n) is 10.3. The molecule has 0 spiro atoms. The lowest BCUT2D eigenvalue weighted by molar-refractivity contribution is -0.105. The van der Waals surface area contributed by atoms with Crippen molar-refractivity contribution in [3.63, 3.8) is 0 Å². The summed E-state index contributed by atoms with van der Waals surface area (Å²) in [5.74, 6) is 0.656. The van der Waals surface area contributed by atoms with E-state index in [0.29, 0.717) is 30.8 Å². The number of aromatic nitrogens is 5. The van der Waals surface area contributed by atoms with E-state index < -0.39 is 11.9 Å². The predicted molar refractivity (Wildman–Crippen MR) is 120 cm³/mol. The van der Waals surface area contributed by atoms with Gasteiger partial charge >= 0.3 is 12.2 Å². The number of anilines is 4. The van der Waals surface area contributed by atoms with E-state index in [0.717, 1.165) is 30.3 Å². The van der Waals surface area contributed by atoms with Crippen LogP contribution in [0.25, 0.3) is 11.6 Å². The van der Waals surface area contributed by atoms with Crippen molar-refractivity contribution in [1.82, 2.24) is 25.1 Å². The molecule has 1 aliphatic rings. The minimum absolute atomic E-state index is 0.0290. The lowest BCUT2D eigenvalue weighted by Gasteiger charge is -2.30. The molecule has 1 aromatic carbocycles. The van der Waals surface area contributed by atoms with Gasteiger partial charge in [0.1, 0.15) is 0 Å². The molecule has 0 aliphatic carbocycles. The second kappa shape index (κ2) is 9.81. The average molecular weight is 481 g/mol. The second-order valence-electron chi connectivity index (χ2n) is 7.67. The third-order valence-corrected chi connectivity index (χ3v) is 6.44. The highest BCUT2D eigenvalue weighted by atomic mass is 32.2. The molecule has 1 fully saturated rings. The molecule has 9 nitrogen and oxygen atoms in total. The first kappa shape index (κ1) is 23.1. The quantitative estimate of drug-likeness (QED) is 0.536. The number of rotatable bonds is 7. The topological polar surface area (TPSA) is 110 Å². The zero-order chi connectivity index (χ0) is 23.4. The molecular formula is C20H23F3N8OS. The maximum Gasteiger partial charge on any atom is 0.397 e. The van der Waals surface area contributed by atoms with Gasteiger partial charge in [0.25, 0.3) is 0 Å². The van der Waals surface area contributed by atoms with Crippen molar-refractivity contribution in [3.8, 4) is 11.6 Å². The fourth-order valence-electron chi connectivity index (χ4n) is 3.46. The number of halogens is 3. The number of benzene rings is 1. The molecule has 2 N–H and O–H groups in total. The van der Waals surface area contributed by atoms with Crippen LogP contribution in [0.5, 0.6) is 0 Å². The van der Waals surface area contributed by atoms with Crippen LogP contribution in [0, 0.1) is 5.92 Å². The molecule has 1 saturated heterocycles. The van der Waals surface area contributed by atoms with Gasteiger partial charge in [-0.25, -0.2) is 0 Å². The number of nitrogens with zero attached hydrogens (tertiary/aromatic N) is 7. The summed E-state index contributed by atoms with van der Waals surface area (Å²) in [7, 11) is 1.81. The van der Waals surface area contributed by atoms with Gasteiger partial charge in [-0.1, -0.05) is 23.4 Å². The van der Waals surface area contributed by atoms with Crippen molar-refractivity contribution in [2.24, 2.45) is 5.92 Å². The summed E-state index contributed by atoms with van der Waals surface area (Å²) in [4.78, 5) is 20.9. The first-order chi connectivity index (χ1) is 15.8. The van der Waals surface area contributed by atoms with Gasteiger partial charge in [0.15, 0.2) is 0 Å². The van der Waals surface area contributed by atoms with Gasteiger partial charge in [-0.2, -0.15) is 44.9 Å². The van der Waals surface area contributed by atoms with Gasteiger partial charge in [-0.05, 0) is 36.6 Å². The third kappa shape index (κ3) is 6.03. The van der Waals surface area contributed by atoms with Crippen LogP contribution in [0.3, 0.4) is 0 Å². The van der Waals surface area contributed by atoms with E-state index in [-0.39, 0.29) is 23.5 Å². The summed E-state index contributed by atoms with van der Waals surface area (Å²) in [6.07, 6.45) is -2.61. The Balaban J connectivity index is 1.40. The molecule has 176 valence electrons. The molecule has 0 atom stereocenters. The molecule has 3 aromatic rings. The number of hydrogen-bond donors (Lipinski definition) is 1. The summed E-state index contributed by atoms with van der Waals surface area (Å²) in [6, 6.07) is 9.87. The number of nitrogens with two attached hydrogens (primary N) is 1. The van der Waals surface area contributed by atoms with Crippen LogP contribution in [0.15, 0.2) is 34.9 Å². The molecule has 0 bridgehead atoms. The van der Waals surface area contributed by atoms with Gasteiger partial charge in [-0.15, -0.1) is 0 Å². The Morgan fingerprint density at radius 3 is 2.52 bits per heavy atom. The lowest BCUT2D eigenvalue weighted by atomic mass is 9.99. The second-order valence-corrected chi connectivity index (χ2v) is 8.70. The molecule has 3 heterocycles. The molecular weight excluding hydrogens is 457 g/mol. The Morgan fingerprint density at radius 1 is 1.09 bits per heavy atom. The van der Waals surface area contributed by atoms with Crippen molar-refractivity contribution < 1.29 is 17.7 Å². The van der Waals surface area contributed by atoms with Crippen LogP contribution in [-0.4, -0.2) is 62.9 Å². The fraction of sp³-hybridized carbons (Fsp3) is 0.450. The molecule has 0 unspecified atom stereocenters.